The first-order chi connectivity index (χ1) is 7.04. The monoisotopic (exact) mass is 198 g/mol. The molecule has 0 aromatic heterocycles. The maximum absolute atomic E-state index is 8.87. The van der Waals surface area contributed by atoms with Crippen LogP contribution in [0, 0.1) is 11.3 Å². The molecule has 0 fully saturated rings. The minimum atomic E-state index is 0.0861. The molecule has 2 heteroatoms. The van der Waals surface area contributed by atoms with E-state index in [0.29, 0.717) is 5.56 Å². The average Bonchev–Trinajstić information content (AvgIpc) is 2.23. The lowest BCUT2D eigenvalue weighted by molar-refractivity contribution is 0.532. The number of nitriles is 1. The van der Waals surface area contributed by atoms with Gasteiger partial charge in [-0.15, -0.1) is 0 Å². The van der Waals surface area contributed by atoms with E-state index >= 15 is 0 Å². The molecule has 1 aromatic rings. The number of hydrogen-bond acceptors (Lipinski definition) is 2. The van der Waals surface area contributed by atoms with E-state index in [1.54, 1.807) is 0 Å². The third kappa shape index (κ3) is 1.55. The smallest absolute Gasteiger partial charge is 0.0991 e. The van der Waals surface area contributed by atoms with Crippen LogP contribution in [0.3, 0.4) is 0 Å². The quantitative estimate of drug-likeness (QED) is 0.631. The van der Waals surface area contributed by atoms with Gasteiger partial charge in [0.25, 0.3) is 0 Å². The van der Waals surface area contributed by atoms with Gasteiger partial charge in [-0.2, -0.15) is 5.26 Å². The van der Waals surface area contributed by atoms with E-state index in [1.807, 2.05) is 19.1 Å². The van der Waals surface area contributed by atoms with Crippen molar-refractivity contribution >= 4 is 5.71 Å². The van der Waals surface area contributed by atoms with E-state index < -0.39 is 0 Å². The van der Waals surface area contributed by atoms with Crippen molar-refractivity contribution in [2.75, 3.05) is 6.54 Å². The van der Waals surface area contributed by atoms with Crippen LogP contribution in [0.15, 0.2) is 23.2 Å². The molecule has 15 heavy (non-hydrogen) atoms. The molecule has 1 aromatic carbocycles. The number of benzene rings is 1. The van der Waals surface area contributed by atoms with Gasteiger partial charge in [-0.3, -0.25) is 4.99 Å². The first-order valence-corrected chi connectivity index (χ1v) is 5.11. The van der Waals surface area contributed by atoms with Crippen LogP contribution in [0.4, 0.5) is 0 Å². The Morgan fingerprint density at radius 1 is 1.40 bits per heavy atom. The molecule has 1 heterocycles. The molecule has 0 aliphatic carbocycles. The van der Waals surface area contributed by atoms with Crippen LogP contribution in [-0.2, 0) is 5.41 Å². The molecule has 1 aliphatic rings. The third-order valence-corrected chi connectivity index (χ3v) is 2.98. The van der Waals surface area contributed by atoms with E-state index in [0.717, 1.165) is 17.8 Å². The molecular formula is C13H14N2. The summed E-state index contributed by atoms with van der Waals surface area (Å²) in [5, 5.41) is 8.87. The van der Waals surface area contributed by atoms with E-state index in [-0.39, 0.29) is 5.41 Å². The fourth-order valence-corrected chi connectivity index (χ4v) is 1.99. The first kappa shape index (κ1) is 9.92. The Bertz CT molecular complexity index is 476. The minimum absolute atomic E-state index is 0.0861. The summed E-state index contributed by atoms with van der Waals surface area (Å²) in [5.41, 5.74) is 4.27. The first-order valence-electron chi connectivity index (χ1n) is 5.11. The summed E-state index contributed by atoms with van der Waals surface area (Å²) in [6, 6.07) is 8.06. The molecule has 2 rings (SSSR count). The molecule has 0 radical (unpaired) electrons. The van der Waals surface area contributed by atoms with Gasteiger partial charge in [0.1, 0.15) is 0 Å². The van der Waals surface area contributed by atoms with Gasteiger partial charge in [0.05, 0.1) is 11.6 Å². The van der Waals surface area contributed by atoms with Gasteiger partial charge in [0.2, 0.25) is 0 Å². The van der Waals surface area contributed by atoms with E-state index in [9.17, 15) is 0 Å². The minimum Gasteiger partial charge on any atom is -0.289 e. The van der Waals surface area contributed by atoms with Gasteiger partial charge in [-0.25, -0.2) is 0 Å². The summed E-state index contributed by atoms with van der Waals surface area (Å²) in [5.74, 6) is 0. The third-order valence-electron chi connectivity index (χ3n) is 2.98. The van der Waals surface area contributed by atoms with Crippen molar-refractivity contribution in [3.63, 3.8) is 0 Å². The Morgan fingerprint density at radius 2 is 2.13 bits per heavy atom. The molecule has 0 atom stereocenters. The normalized spacial score (nSPS) is 17.6. The topological polar surface area (TPSA) is 36.1 Å². The highest BCUT2D eigenvalue weighted by molar-refractivity contribution is 6.01. The van der Waals surface area contributed by atoms with Crippen LogP contribution in [0.2, 0.25) is 0 Å². The molecular weight excluding hydrogens is 184 g/mol. The fourth-order valence-electron chi connectivity index (χ4n) is 1.99. The molecule has 1 aliphatic heterocycles. The maximum atomic E-state index is 8.87. The highest BCUT2D eigenvalue weighted by atomic mass is 14.8. The van der Waals surface area contributed by atoms with Gasteiger partial charge in [-0.1, -0.05) is 19.9 Å². The van der Waals surface area contributed by atoms with Crippen molar-refractivity contribution in [1.82, 2.24) is 0 Å². The van der Waals surface area contributed by atoms with Crippen LogP contribution in [0.25, 0.3) is 0 Å². The van der Waals surface area contributed by atoms with Gasteiger partial charge in [0, 0.05) is 23.2 Å². The molecule has 0 saturated carbocycles. The zero-order valence-corrected chi connectivity index (χ0v) is 9.33. The van der Waals surface area contributed by atoms with Crippen molar-refractivity contribution in [2.24, 2.45) is 4.99 Å². The highest BCUT2D eigenvalue weighted by Crippen LogP contribution is 2.31. The van der Waals surface area contributed by atoms with Crippen molar-refractivity contribution < 1.29 is 0 Å². The zero-order chi connectivity index (χ0) is 11.1. The molecule has 76 valence electrons. The average molecular weight is 198 g/mol. The van der Waals surface area contributed by atoms with Crippen LogP contribution in [-0.4, -0.2) is 12.3 Å². The molecule has 0 spiro atoms. The summed E-state index contributed by atoms with van der Waals surface area (Å²) >= 11 is 0. The van der Waals surface area contributed by atoms with Crippen molar-refractivity contribution in [3.05, 3.63) is 34.9 Å². The molecule has 0 bridgehead atoms. The zero-order valence-electron chi connectivity index (χ0n) is 9.33. The second-order valence-electron chi connectivity index (χ2n) is 4.66. The lowest BCUT2D eigenvalue weighted by atomic mass is 9.78. The Hall–Kier alpha value is -1.62. The van der Waals surface area contributed by atoms with E-state index in [2.05, 4.69) is 31.0 Å². The summed E-state index contributed by atoms with van der Waals surface area (Å²) < 4.78 is 0. The van der Waals surface area contributed by atoms with Gasteiger partial charge >= 0.3 is 0 Å². The van der Waals surface area contributed by atoms with Crippen molar-refractivity contribution in [2.45, 2.75) is 26.2 Å². The second kappa shape index (κ2) is 3.20. The fraction of sp³-hybridized carbons (Fsp3) is 0.385. The molecule has 0 amide bonds. The summed E-state index contributed by atoms with van der Waals surface area (Å²) in [4.78, 5) is 4.51. The second-order valence-corrected chi connectivity index (χ2v) is 4.66. The van der Waals surface area contributed by atoms with Gasteiger partial charge in [-0.05, 0) is 24.6 Å². The summed E-state index contributed by atoms with van der Waals surface area (Å²) in [7, 11) is 0. The van der Waals surface area contributed by atoms with Crippen LogP contribution < -0.4 is 0 Å². The number of rotatable bonds is 0. The van der Waals surface area contributed by atoms with Crippen LogP contribution in [0.5, 0.6) is 0 Å². The molecule has 0 N–H and O–H groups in total. The standard InChI is InChI=1S/C13H14N2/c1-9-11-6-10(7-14)4-5-12(11)13(2,3)8-15-9/h4-6H,8H2,1-3H3. The number of fused-ring (bicyclic) bond motifs is 1. The molecule has 0 saturated heterocycles. The predicted octanol–water partition coefficient (Wildman–Crippen LogP) is 2.66. The number of nitrogens with zero attached hydrogens (tertiary/aromatic N) is 2. The molecule has 0 unspecified atom stereocenters. The Labute approximate surface area is 90.3 Å². The van der Waals surface area contributed by atoms with E-state index in [4.69, 9.17) is 5.26 Å². The highest BCUT2D eigenvalue weighted by Gasteiger charge is 2.27. The maximum Gasteiger partial charge on any atom is 0.0991 e. The summed E-state index contributed by atoms with van der Waals surface area (Å²) in [6.45, 7) is 7.22. The number of aliphatic imine (C=N–C) groups is 1. The largest absolute Gasteiger partial charge is 0.289 e. The van der Waals surface area contributed by atoms with E-state index in [1.165, 1.54) is 5.56 Å². The predicted molar refractivity (Wildman–Crippen MR) is 61.3 cm³/mol. The van der Waals surface area contributed by atoms with Crippen LogP contribution in [0.1, 0.15) is 37.5 Å². The Kier molecular flexibility index (Phi) is 2.12. The van der Waals surface area contributed by atoms with Crippen molar-refractivity contribution in [3.8, 4) is 6.07 Å². The van der Waals surface area contributed by atoms with Gasteiger partial charge < -0.3 is 0 Å². The Balaban J connectivity index is 2.66. The summed E-state index contributed by atoms with van der Waals surface area (Å²) in [6.07, 6.45) is 0. The lowest BCUT2D eigenvalue weighted by Crippen LogP contribution is -2.28. The number of hydrogen-bond donors (Lipinski definition) is 0. The SMILES string of the molecule is CC1=NCC(C)(C)c2ccc(C#N)cc21. The van der Waals surface area contributed by atoms with Gasteiger partial charge in [0.15, 0.2) is 0 Å². The Morgan fingerprint density at radius 3 is 2.80 bits per heavy atom. The van der Waals surface area contributed by atoms with Crippen molar-refractivity contribution in [1.29, 1.82) is 5.26 Å². The van der Waals surface area contributed by atoms with Crippen LogP contribution >= 0.6 is 0 Å². The molecule has 2 nitrogen and oxygen atoms in total. The lowest BCUT2D eigenvalue weighted by Gasteiger charge is -2.30.